The van der Waals surface area contributed by atoms with Gasteiger partial charge in [-0.15, -0.1) is 0 Å². The lowest BCUT2D eigenvalue weighted by atomic mass is 10.2. The average Bonchev–Trinajstić information content (AvgIpc) is 2.18. The highest BCUT2D eigenvalue weighted by molar-refractivity contribution is 6.64. The van der Waals surface area contributed by atoms with Gasteiger partial charge in [0.1, 0.15) is 14.7 Å². The number of ether oxygens (including phenoxy) is 2. The molecule has 0 radical (unpaired) electrons. The average molecular weight is 289 g/mol. The van der Waals surface area contributed by atoms with Gasteiger partial charge in [0.2, 0.25) is 0 Å². The molecule has 0 heterocycles. The minimum atomic E-state index is -1.17. The second-order valence-electron chi connectivity index (χ2n) is 7.96. The maximum absolute atomic E-state index is 6.14. The zero-order valence-electron chi connectivity index (χ0n) is 14.6. The van der Waals surface area contributed by atoms with Gasteiger partial charge < -0.3 is 9.47 Å². The normalized spacial score (nSPS) is 15.0. The van der Waals surface area contributed by atoms with Gasteiger partial charge in [0.25, 0.3) is 0 Å². The summed E-state index contributed by atoms with van der Waals surface area (Å²) < 4.78 is 12.3. The van der Waals surface area contributed by atoms with E-state index in [4.69, 9.17) is 9.47 Å². The third-order valence-corrected chi connectivity index (χ3v) is 7.61. The molecule has 116 valence electrons. The highest BCUT2D eigenvalue weighted by Crippen LogP contribution is 2.37. The second-order valence-corrected chi connectivity index (χ2v) is 12.6. The van der Waals surface area contributed by atoms with E-state index in [2.05, 4.69) is 62.3 Å². The Labute approximate surface area is 122 Å². The smallest absolute Gasteiger partial charge is 0.139 e. The van der Waals surface area contributed by atoms with E-state index in [1.165, 1.54) is 0 Å². The summed E-state index contributed by atoms with van der Waals surface area (Å²) >= 11 is 0. The summed E-state index contributed by atoms with van der Waals surface area (Å²) in [5.41, 5.74) is 0.685. The first kappa shape index (κ1) is 19.1. The van der Waals surface area contributed by atoms with Crippen LogP contribution in [0.15, 0.2) is 0 Å². The van der Waals surface area contributed by atoms with Crippen molar-refractivity contribution in [3.05, 3.63) is 0 Å². The summed E-state index contributed by atoms with van der Waals surface area (Å²) in [7, 11) is -1.17. The van der Waals surface area contributed by atoms with Crippen LogP contribution in [0, 0.1) is 11.8 Å². The maximum atomic E-state index is 6.14. The van der Waals surface area contributed by atoms with E-state index in [1.54, 1.807) is 0 Å². The standard InChI is InChI=1S/C16H36O2Si/c1-12(2)10-17-15(18-11-13(3)4)19(14(5)6)16(7,8)9/h12-15,19H,10-11H2,1-9H3. The molecule has 0 aliphatic carbocycles. The molecule has 19 heavy (non-hydrogen) atoms. The van der Waals surface area contributed by atoms with Crippen LogP contribution in [0.5, 0.6) is 0 Å². The Balaban J connectivity index is 4.83. The van der Waals surface area contributed by atoms with E-state index < -0.39 is 8.80 Å². The third kappa shape index (κ3) is 8.11. The van der Waals surface area contributed by atoms with Crippen molar-refractivity contribution >= 4 is 8.80 Å². The van der Waals surface area contributed by atoms with Crippen molar-refractivity contribution in [1.82, 2.24) is 0 Å². The molecule has 0 amide bonds. The van der Waals surface area contributed by atoms with Gasteiger partial charge >= 0.3 is 0 Å². The first-order valence-electron chi connectivity index (χ1n) is 7.78. The quantitative estimate of drug-likeness (QED) is 0.479. The number of hydrogen-bond acceptors (Lipinski definition) is 2. The molecule has 0 aromatic rings. The van der Waals surface area contributed by atoms with Crippen LogP contribution in [0.2, 0.25) is 10.6 Å². The van der Waals surface area contributed by atoms with Crippen molar-refractivity contribution in [2.24, 2.45) is 11.8 Å². The van der Waals surface area contributed by atoms with Crippen molar-refractivity contribution in [2.45, 2.75) is 78.8 Å². The summed E-state index contributed by atoms with van der Waals surface area (Å²) in [5.74, 6) is 1.17. The molecule has 1 atom stereocenters. The molecule has 0 spiro atoms. The zero-order chi connectivity index (χ0) is 15.2. The van der Waals surface area contributed by atoms with Crippen LogP contribution in [-0.2, 0) is 9.47 Å². The molecule has 0 aromatic carbocycles. The van der Waals surface area contributed by atoms with Crippen LogP contribution in [0.1, 0.15) is 62.3 Å². The first-order chi connectivity index (χ1) is 8.55. The lowest BCUT2D eigenvalue weighted by Gasteiger charge is -2.38. The van der Waals surface area contributed by atoms with Gasteiger partial charge in [0, 0.05) is 0 Å². The van der Waals surface area contributed by atoms with E-state index in [0.717, 1.165) is 13.2 Å². The Morgan fingerprint density at radius 1 is 0.789 bits per heavy atom. The molecule has 1 unspecified atom stereocenters. The minimum Gasteiger partial charge on any atom is -0.356 e. The van der Waals surface area contributed by atoms with E-state index >= 15 is 0 Å². The number of hydrogen-bond donors (Lipinski definition) is 0. The van der Waals surface area contributed by atoms with E-state index in [-0.39, 0.29) is 5.91 Å². The summed E-state index contributed by atoms with van der Waals surface area (Å²) in [5, 5.41) is 0.326. The first-order valence-corrected chi connectivity index (χ1v) is 9.70. The molecular weight excluding hydrogens is 252 g/mol. The van der Waals surface area contributed by atoms with E-state index in [9.17, 15) is 0 Å². The predicted octanol–water partition coefficient (Wildman–Crippen LogP) is 4.63. The Kier molecular flexibility index (Phi) is 8.49. The molecule has 0 saturated heterocycles. The molecule has 0 aliphatic rings. The van der Waals surface area contributed by atoms with Gasteiger partial charge in [-0.05, 0) is 22.4 Å². The van der Waals surface area contributed by atoms with Gasteiger partial charge in [-0.3, -0.25) is 0 Å². The lowest BCUT2D eigenvalue weighted by Crippen LogP contribution is -2.45. The van der Waals surface area contributed by atoms with Crippen molar-refractivity contribution in [2.75, 3.05) is 13.2 Å². The fourth-order valence-electron chi connectivity index (χ4n) is 2.55. The molecule has 0 fully saturated rings. The summed E-state index contributed by atoms with van der Waals surface area (Å²) in [6.07, 6.45) is 0. The Morgan fingerprint density at radius 2 is 1.16 bits per heavy atom. The Morgan fingerprint density at radius 3 is 1.37 bits per heavy atom. The summed E-state index contributed by atoms with van der Waals surface area (Å²) in [6, 6.07) is 0. The zero-order valence-corrected chi connectivity index (χ0v) is 15.8. The lowest BCUT2D eigenvalue weighted by molar-refractivity contribution is -0.109. The van der Waals surface area contributed by atoms with Crippen molar-refractivity contribution in [3.63, 3.8) is 0 Å². The molecule has 2 nitrogen and oxygen atoms in total. The van der Waals surface area contributed by atoms with Crippen LogP contribution in [-0.4, -0.2) is 27.9 Å². The van der Waals surface area contributed by atoms with Gasteiger partial charge in [0.15, 0.2) is 0 Å². The predicted molar refractivity (Wildman–Crippen MR) is 87.3 cm³/mol. The fourth-order valence-corrected chi connectivity index (χ4v) is 6.63. The molecule has 0 rings (SSSR count). The SMILES string of the molecule is CC(C)COC(OCC(C)C)[SiH](C(C)C)C(C)(C)C. The molecule has 0 bridgehead atoms. The third-order valence-electron chi connectivity index (χ3n) is 3.20. The molecular formula is C16H36O2Si. The van der Waals surface area contributed by atoms with Crippen LogP contribution in [0.4, 0.5) is 0 Å². The van der Waals surface area contributed by atoms with Crippen molar-refractivity contribution in [1.29, 1.82) is 0 Å². The molecule has 0 saturated carbocycles. The van der Waals surface area contributed by atoms with E-state index in [1.807, 2.05) is 0 Å². The topological polar surface area (TPSA) is 18.5 Å². The summed E-state index contributed by atoms with van der Waals surface area (Å²) in [6.45, 7) is 22.1. The maximum Gasteiger partial charge on any atom is 0.139 e. The second kappa shape index (κ2) is 8.43. The van der Waals surface area contributed by atoms with Gasteiger partial charge in [-0.1, -0.05) is 62.3 Å². The highest BCUT2D eigenvalue weighted by atomic mass is 28.3. The van der Waals surface area contributed by atoms with E-state index in [0.29, 0.717) is 22.4 Å². The van der Waals surface area contributed by atoms with Crippen molar-refractivity contribution < 1.29 is 9.47 Å². The Hall–Kier alpha value is 0.137. The largest absolute Gasteiger partial charge is 0.356 e. The van der Waals surface area contributed by atoms with Gasteiger partial charge in [0.05, 0.1) is 13.2 Å². The van der Waals surface area contributed by atoms with Crippen LogP contribution in [0.3, 0.4) is 0 Å². The minimum absolute atomic E-state index is 0.0461. The van der Waals surface area contributed by atoms with Crippen LogP contribution in [0.25, 0.3) is 0 Å². The monoisotopic (exact) mass is 288 g/mol. The molecule has 0 aliphatic heterocycles. The van der Waals surface area contributed by atoms with Crippen LogP contribution < -0.4 is 0 Å². The fraction of sp³-hybridized carbons (Fsp3) is 1.00. The molecule has 0 aromatic heterocycles. The van der Waals surface area contributed by atoms with Gasteiger partial charge in [-0.2, -0.15) is 0 Å². The summed E-state index contributed by atoms with van der Waals surface area (Å²) in [4.78, 5) is 0. The molecule has 0 N–H and O–H groups in total. The van der Waals surface area contributed by atoms with Gasteiger partial charge in [-0.25, -0.2) is 0 Å². The van der Waals surface area contributed by atoms with Crippen LogP contribution >= 0.6 is 0 Å². The highest BCUT2D eigenvalue weighted by Gasteiger charge is 2.38. The molecule has 3 heteroatoms. The number of rotatable bonds is 8. The van der Waals surface area contributed by atoms with Crippen molar-refractivity contribution in [3.8, 4) is 0 Å². The Bertz CT molecular complexity index is 219.